The minimum atomic E-state index is 0.693. The van der Waals surface area contributed by atoms with Crippen LogP contribution in [-0.2, 0) is 9.63 Å². The van der Waals surface area contributed by atoms with Crippen molar-refractivity contribution in [2.75, 3.05) is 13.2 Å². The van der Waals surface area contributed by atoms with E-state index < -0.39 is 0 Å². The number of carbonyl (C=O) groups is 1. The Morgan fingerprint density at radius 3 is 2.80 bits per heavy atom. The normalized spacial score (nSPS) is 21.4. The number of carbonyl (C=O) groups excluding carboxylic acids is 1. The van der Waals surface area contributed by atoms with Crippen molar-refractivity contribution in [1.82, 2.24) is 5.06 Å². The number of hydrogen-bond acceptors (Lipinski definition) is 2. The summed E-state index contributed by atoms with van der Waals surface area (Å²) >= 11 is 0. The van der Waals surface area contributed by atoms with Crippen molar-refractivity contribution >= 4 is 6.41 Å². The molecule has 0 atom stereocenters. The van der Waals surface area contributed by atoms with Gasteiger partial charge < -0.3 is 0 Å². The summed E-state index contributed by atoms with van der Waals surface area (Å²) in [5.41, 5.74) is 0. The molecule has 1 saturated heterocycles. The lowest BCUT2D eigenvalue weighted by Crippen LogP contribution is -2.25. The molecule has 0 N–H and O–H groups in total. The van der Waals surface area contributed by atoms with Crippen LogP contribution in [0.15, 0.2) is 0 Å². The molecule has 0 aromatic carbocycles. The zero-order chi connectivity index (χ0) is 7.23. The summed E-state index contributed by atoms with van der Waals surface area (Å²) in [6.45, 7) is 1.45. The predicted molar refractivity (Wildman–Crippen MR) is 37.2 cm³/mol. The third-order valence-electron chi connectivity index (χ3n) is 1.65. The maximum atomic E-state index is 10.2. The maximum absolute atomic E-state index is 10.2. The highest BCUT2D eigenvalue weighted by Gasteiger charge is 2.04. The van der Waals surface area contributed by atoms with Gasteiger partial charge in [-0.25, -0.2) is 5.06 Å². The Kier molecular flexibility index (Phi) is 3.22. The van der Waals surface area contributed by atoms with Crippen LogP contribution in [0.5, 0.6) is 0 Å². The lowest BCUT2D eigenvalue weighted by atomic mass is 10.2. The van der Waals surface area contributed by atoms with Gasteiger partial charge >= 0.3 is 0 Å². The number of hydroxylamine groups is 2. The average Bonchev–Trinajstić information content (AvgIpc) is 1.87. The molecule has 0 unspecified atom stereocenters. The van der Waals surface area contributed by atoms with E-state index in [4.69, 9.17) is 4.84 Å². The van der Waals surface area contributed by atoms with E-state index in [0.29, 0.717) is 6.61 Å². The molecule has 1 amide bonds. The van der Waals surface area contributed by atoms with E-state index in [-0.39, 0.29) is 0 Å². The Hall–Kier alpha value is -0.570. The fourth-order valence-corrected chi connectivity index (χ4v) is 1.05. The van der Waals surface area contributed by atoms with Crippen LogP contribution < -0.4 is 0 Å². The van der Waals surface area contributed by atoms with Gasteiger partial charge in [0.15, 0.2) is 0 Å². The Morgan fingerprint density at radius 2 is 2.00 bits per heavy atom. The highest BCUT2D eigenvalue weighted by atomic mass is 16.7. The zero-order valence-electron chi connectivity index (χ0n) is 6.08. The molecule has 3 nitrogen and oxygen atoms in total. The third kappa shape index (κ3) is 2.35. The first-order valence-electron chi connectivity index (χ1n) is 3.78. The molecule has 10 heavy (non-hydrogen) atoms. The van der Waals surface area contributed by atoms with Gasteiger partial charge in [0.2, 0.25) is 6.41 Å². The molecule has 1 aliphatic rings. The summed E-state index contributed by atoms with van der Waals surface area (Å²) in [5, 5.41) is 1.39. The highest BCUT2D eigenvalue weighted by Crippen LogP contribution is 2.05. The van der Waals surface area contributed by atoms with Crippen LogP contribution in [0.4, 0.5) is 0 Å². The quantitative estimate of drug-likeness (QED) is 0.511. The van der Waals surface area contributed by atoms with Crippen LogP contribution >= 0.6 is 0 Å². The van der Waals surface area contributed by atoms with Gasteiger partial charge in [-0.05, 0) is 12.8 Å². The van der Waals surface area contributed by atoms with Crippen molar-refractivity contribution in [3.63, 3.8) is 0 Å². The Bertz CT molecular complexity index is 97.8. The van der Waals surface area contributed by atoms with Gasteiger partial charge in [0.05, 0.1) is 6.61 Å². The second-order valence-electron chi connectivity index (χ2n) is 2.49. The van der Waals surface area contributed by atoms with E-state index in [1.165, 1.54) is 17.9 Å². The van der Waals surface area contributed by atoms with Gasteiger partial charge in [-0.1, -0.05) is 12.8 Å². The number of rotatable bonds is 1. The molecule has 0 aliphatic carbocycles. The fraction of sp³-hybridized carbons (Fsp3) is 0.857. The third-order valence-corrected chi connectivity index (χ3v) is 1.65. The number of nitrogens with zero attached hydrogens (tertiary/aromatic N) is 1. The molecular weight excluding hydrogens is 130 g/mol. The van der Waals surface area contributed by atoms with Crippen molar-refractivity contribution in [1.29, 1.82) is 0 Å². The van der Waals surface area contributed by atoms with Gasteiger partial charge in [0, 0.05) is 6.54 Å². The smallest absolute Gasteiger partial charge is 0.233 e. The molecule has 1 rings (SSSR count). The summed E-state index contributed by atoms with van der Waals surface area (Å²) in [6.07, 6.45) is 5.34. The van der Waals surface area contributed by atoms with Crippen LogP contribution in [0.3, 0.4) is 0 Å². The fourth-order valence-electron chi connectivity index (χ4n) is 1.05. The van der Waals surface area contributed by atoms with Crippen molar-refractivity contribution < 1.29 is 9.63 Å². The summed E-state index contributed by atoms with van der Waals surface area (Å²) in [7, 11) is 0. The van der Waals surface area contributed by atoms with Crippen LogP contribution in [0.25, 0.3) is 0 Å². The molecule has 3 heteroatoms. The van der Waals surface area contributed by atoms with Crippen molar-refractivity contribution in [2.45, 2.75) is 25.7 Å². The molecular formula is C7H13NO2. The molecule has 0 radical (unpaired) electrons. The first-order chi connectivity index (χ1) is 4.93. The number of hydrogen-bond donors (Lipinski definition) is 0. The van der Waals surface area contributed by atoms with Gasteiger partial charge in [0.1, 0.15) is 0 Å². The van der Waals surface area contributed by atoms with E-state index in [1.54, 1.807) is 0 Å². The molecule has 1 fully saturated rings. The van der Waals surface area contributed by atoms with E-state index in [0.717, 1.165) is 25.8 Å². The SMILES string of the molecule is O=CN1CCCCCCO1. The van der Waals surface area contributed by atoms with Crippen LogP contribution in [0.2, 0.25) is 0 Å². The molecule has 0 aromatic heterocycles. The molecule has 1 aliphatic heterocycles. The first-order valence-corrected chi connectivity index (χ1v) is 3.78. The molecule has 0 saturated carbocycles. The second kappa shape index (κ2) is 4.28. The van der Waals surface area contributed by atoms with Crippen LogP contribution in [-0.4, -0.2) is 24.6 Å². The zero-order valence-corrected chi connectivity index (χ0v) is 6.08. The number of amides is 1. The second-order valence-corrected chi connectivity index (χ2v) is 2.49. The first kappa shape index (κ1) is 7.54. The summed E-state index contributed by atoms with van der Waals surface area (Å²) in [6, 6.07) is 0. The Morgan fingerprint density at radius 1 is 1.20 bits per heavy atom. The lowest BCUT2D eigenvalue weighted by molar-refractivity contribution is -0.174. The minimum Gasteiger partial charge on any atom is -0.276 e. The molecule has 0 bridgehead atoms. The van der Waals surface area contributed by atoms with E-state index >= 15 is 0 Å². The van der Waals surface area contributed by atoms with E-state index in [2.05, 4.69) is 0 Å². The lowest BCUT2D eigenvalue weighted by Gasteiger charge is -2.18. The van der Waals surface area contributed by atoms with Crippen molar-refractivity contribution in [3.05, 3.63) is 0 Å². The summed E-state index contributed by atoms with van der Waals surface area (Å²) in [4.78, 5) is 15.3. The van der Waals surface area contributed by atoms with E-state index in [9.17, 15) is 4.79 Å². The van der Waals surface area contributed by atoms with E-state index in [1.807, 2.05) is 0 Å². The van der Waals surface area contributed by atoms with Crippen LogP contribution in [0, 0.1) is 0 Å². The predicted octanol–water partition coefficient (Wildman–Crippen LogP) is 0.950. The van der Waals surface area contributed by atoms with Gasteiger partial charge in [0.25, 0.3) is 0 Å². The summed E-state index contributed by atoms with van der Waals surface area (Å²) in [5.74, 6) is 0. The average molecular weight is 143 g/mol. The van der Waals surface area contributed by atoms with Crippen molar-refractivity contribution in [3.8, 4) is 0 Å². The van der Waals surface area contributed by atoms with Crippen LogP contribution in [0.1, 0.15) is 25.7 Å². The Labute approximate surface area is 60.9 Å². The molecule has 0 aromatic rings. The van der Waals surface area contributed by atoms with Gasteiger partial charge in [-0.3, -0.25) is 9.63 Å². The molecule has 0 spiro atoms. The highest BCUT2D eigenvalue weighted by molar-refractivity contribution is 5.44. The summed E-state index contributed by atoms with van der Waals surface area (Å²) < 4.78 is 0. The van der Waals surface area contributed by atoms with Gasteiger partial charge in [-0.2, -0.15) is 0 Å². The topological polar surface area (TPSA) is 29.5 Å². The molecule has 58 valence electrons. The maximum Gasteiger partial charge on any atom is 0.233 e. The van der Waals surface area contributed by atoms with Crippen molar-refractivity contribution in [2.24, 2.45) is 0 Å². The minimum absolute atomic E-state index is 0.693. The Balaban J connectivity index is 2.22. The largest absolute Gasteiger partial charge is 0.276 e. The standard InChI is InChI=1S/C7H13NO2/c9-7-8-5-3-1-2-4-6-10-8/h7H,1-6H2. The van der Waals surface area contributed by atoms with Gasteiger partial charge in [-0.15, -0.1) is 0 Å². The monoisotopic (exact) mass is 143 g/mol. The molecule has 1 heterocycles.